The van der Waals surface area contributed by atoms with Crippen molar-refractivity contribution in [1.82, 2.24) is 15.2 Å². The number of ether oxygens (including phenoxy) is 1. The lowest BCUT2D eigenvalue weighted by atomic mass is 10.3. The first kappa shape index (κ1) is 16.3. The van der Waals surface area contributed by atoms with Gasteiger partial charge in [0.15, 0.2) is 4.34 Å². The second-order valence-corrected chi connectivity index (χ2v) is 8.41. The SMILES string of the molecule is COc1ccc(Nc2nnc(SCc3nc4ccccc4s3)s2)cc1. The Labute approximate surface area is 157 Å². The van der Waals surface area contributed by atoms with Crippen molar-refractivity contribution in [3.63, 3.8) is 0 Å². The summed E-state index contributed by atoms with van der Waals surface area (Å²) < 4.78 is 7.30. The van der Waals surface area contributed by atoms with Crippen LogP contribution in [0.5, 0.6) is 5.75 Å². The van der Waals surface area contributed by atoms with E-state index in [0.717, 1.165) is 37.2 Å². The molecule has 126 valence electrons. The normalized spacial score (nSPS) is 10.9. The van der Waals surface area contributed by atoms with Gasteiger partial charge < -0.3 is 10.1 Å². The Balaban J connectivity index is 1.38. The number of thioether (sulfide) groups is 1. The van der Waals surface area contributed by atoms with E-state index in [0.29, 0.717) is 0 Å². The van der Waals surface area contributed by atoms with Crippen molar-refractivity contribution in [3.05, 3.63) is 53.5 Å². The van der Waals surface area contributed by atoms with Gasteiger partial charge in [-0.25, -0.2) is 4.98 Å². The molecule has 1 N–H and O–H groups in total. The maximum absolute atomic E-state index is 5.16. The van der Waals surface area contributed by atoms with Gasteiger partial charge in [-0.05, 0) is 36.4 Å². The number of nitrogens with zero attached hydrogens (tertiary/aromatic N) is 3. The number of para-hydroxylation sites is 1. The Morgan fingerprint density at radius 3 is 2.68 bits per heavy atom. The van der Waals surface area contributed by atoms with Gasteiger partial charge in [-0.2, -0.15) is 0 Å². The molecule has 4 rings (SSSR count). The molecule has 0 aliphatic carbocycles. The molecule has 0 spiro atoms. The van der Waals surface area contributed by atoms with Crippen molar-refractivity contribution in [3.8, 4) is 5.75 Å². The molecule has 0 unspecified atom stereocenters. The number of hydrogen-bond donors (Lipinski definition) is 1. The third-order valence-electron chi connectivity index (χ3n) is 3.41. The van der Waals surface area contributed by atoms with Gasteiger partial charge in [0.2, 0.25) is 5.13 Å². The van der Waals surface area contributed by atoms with E-state index in [-0.39, 0.29) is 0 Å². The van der Waals surface area contributed by atoms with Gasteiger partial charge in [0, 0.05) is 5.69 Å². The second kappa shape index (κ2) is 7.38. The zero-order chi connectivity index (χ0) is 17.1. The molecular weight excluding hydrogens is 372 g/mol. The molecule has 25 heavy (non-hydrogen) atoms. The molecule has 0 aliphatic heterocycles. The third kappa shape index (κ3) is 3.92. The minimum absolute atomic E-state index is 0.775. The zero-order valence-corrected chi connectivity index (χ0v) is 15.8. The van der Waals surface area contributed by atoms with Crippen molar-refractivity contribution in [1.29, 1.82) is 0 Å². The summed E-state index contributed by atoms with van der Waals surface area (Å²) in [4.78, 5) is 4.65. The van der Waals surface area contributed by atoms with E-state index < -0.39 is 0 Å². The largest absolute Gasteiger partial charge is 0.497 e. The lowest BCUT2D eigenvalue weighted by molar-refractivity contribution is 0.415. The van der Waals surface area contributed by atoms with Crippen molar-refractivity contribution >= 4 is 55.5 Å². The van der Waals surface area contributed by atoms with Crippen LogP contribution in [0, 0.1) is 0 Å². The molecule has 0 fully saturated rings. The summed E-state index contributed by atoms with van der Waals surface area (Å²) >= 11 is 4.92. The standard InChI is InChI=1S/C17H14N4OS3/c1-22-12-8-6-11(7-9-12)18-16-20-21-17(25-16)23-10-15-19-13-4-2-3-5-14(13)24-15/h2-9H,10H2,1H3,(H,18,20). The van der Waals surface area contributed by atoms with Crippen molar-refractivity contribution in [2.75, 3.05) is 12.4 Å². The lowest BCUT2D eigenvalue weighted by Gasteiger charge is -2.03. The smallest absolute Gasteiger partial charge is 0.210 e. The van der Waals surface area contributed by atoms with Crippen LogP contribution in [-0.2, 0) is 5.75 Å². The Kier molecular flexibility index (Phi) is 4.82. The van der Waals surface area contributed by atoms with Gasteiger partial charge in [0.25, 0.3) is 0 Å². The average Bonchev–Trinajstić information content (AvgIpc) is 3.26. The van der Waals surface area contributed by atoms with E-state index in [1.165, 1.54) is 16.0 Å². The van der Waals surface area contributed by atoms with Crippen LogP contribution in [0.4, 0.5) is 10.8 Å². The summed E-state index contributed by atoms with van der Waals surface area (Å²) in [6.07, 6.45) is 0. The summed E-state index contributed by atoms with van der Waals surface area (Å²) in [7, 11) is 1.65. The Morgan fingerprint density at radius 1 is 1.04 bits per heavy atom. The minimum atomic E-state index is 0.775. The summed E-state index contributed by atoms with van der Waals surface area (Å²) in [6.45, 7) is 0. The predicted octanol–water partition coefficient (Wildman–Crippen LogP) is 5.19. The number of thiazole rings is 1. The van der Waals surface area contributed by atoms with Gasteiger partial charge in [-0.1, -0.05) is 35.2 Å². The molecule has 4 aromatic rings. The van der Waals surface area contributed by atoms with Crippen LogP contribution in [0.25, 0.3) is 10.2 Å². The first-order valence-electron chi connectivity index (χ1n) is 7.52. The fourth-order valence-electron chi connectivity index (χ4n) is 2.22. The van der Waals surface area contributed by atoms with Gasteiger partial charge >= 0.3 is 0 Å². The summed E-state index contributed by atoms with van der Waals surface area (Å²) in [5.74, 6) is 1.63. The van der Waals surface area contributed by atoms with Crippen LogP contribution in [0.15, 0.2) is 52.9 Å². The molecule has 2 aromatic heterocycles. The molecule has 0 saturated carbocycles. The Bertz CT molecular complexity index is 948. The highest BCUT2D eigenvalue weighted by Crippen LogP contribution is 2.32. The summed E-state index contributed by atoms with van der Waals surface area (Å²) in [6, 6.07) is 15.9. The number of hydrogen-bond acceptors (Lipinski definition) is 8. The average molecular weight is 387 g/mol. The van der Waals surface area contributed by atoms with E-state index >= 15 is 0 Å². The molecule has 0 saturated heterocycles. The number of nitrogens with one attached hydrogen (secondary N) is 1. The molecule has 0 bridgehead atoms. The molecule has 0 atom stereocenters. The summed E-state index contributed by atoms with van der Waals surface area (Å²) in [5.41, 5.74) is 2.02. The molecule has 5 nitrogen and oxygen atoms in total. The Hall–Kier alpha value is -2.16. The quantitative estimate of drug-likeness (QED) is 0.460. The lowest BCUT2D eigenvalue weighted by Crippen LogP contribution is -1.89. The highest BCUT2D eigenvalue weighted by atomic mass is 32.2. The number of methoxy groups -OCH3 is 1. The number of anilines is 2. The van der Waals surface area contributed by atoms with Crippen molar-refractivity contribution in [2.45, 2.75) is 10.1 Å². The van der Waals surface area contributed by atoms with Crippen molar-refractivity contribution < 1.29 is 4.74 Å². The Morgan fingerprint density at radius 2 is 1.88 bits per heavy atom. The molecule has 2 aromatic carbocycles. The van der Waals surface area contributed by atoms with Crippen LogP contribution in [0.2, 0.25) is 0 Å². The van der Waals surface area contributed by atoms with E-state index in [2.05, 4.69) is 26.6 Å². The van der Waals surface area contributed by atoms with Crippen LogP contribution < -0.4 is 10.1 Å². The summed E-state index contributed by atoms with van der Waals surface area (Å²) in [5, 5.41) is 13.6. The second-order valence-electron chi connectivity index (χ2n) is 5.09. The topological polar surface area (TPSA) is 59.9 Å². The molecule has 0 aliphatic rings. The van der Waals surface area contributed by atoms with Gasteiger partial charge in [0.1, 0.15) is 10.8 Å². The number of rotatable bonds is 6. The number of aromatic nitrogens is 3. The van der Waals surface area contributed by atoms with Crippen LogP contribution in [-0.4, -0.2) is 22.3 Å². The maximum atomic E-state index is 5.16. The van der Waals surface area contributed by atoms with Crippen LogP contribution >= 0.6 is 34.4 Å². The van der Waals surface area contributed by atoms with E-state index in [4.69, 9.17) is 4.74 Å². The van der Waals surface area contributed by atoms with E-state index in [1.54, 1.807) is 30.2 Å². The highest BCUT2D eigenvalue weighted by Gasteiger charge is 2.08. The minimum Gasteiger partial charge on any atom is -0.497 e. The first-order chi connectivity index (χ1) is 12.3. The monoisotopic (exact) mass is 386 g/mol. The fraction of sp³-hybridized carbons (Fsp3) is 0.118. The number of fused-ring (bicyclic) bond motifs is 1. The van der Waals surface area contributed by atoms with Gasteiger partial charge in [0.05, 0.1) is 23.1 Å². The number of benzene rings is 2. The van der Waals surface area contributed by atoms with Crippen molar-refractivity contribution in [2.24, 2.45) is 0 Å². The van der Waals surface area contributed by atoms with E-state index in [9.17, 15) is 0 Å². The molecule has 8 heteroatoms. The molecule has 0 amide bonds. The third-order valence-corrected chi connectivity index (χ3v) is 6.61. The highest BCUT2D eigenvalue weighted by molar-refractivity contribution is 8.00. The predicted molar refractivity (Wildman–Crippen MR) is 105 cm³/mol. The van der Waals surface area contributed by atoms with Gasteiger partial charge in [-0.3, -0.25) is 0 Å². The maximum Gasteiger partial charge on any atom is 0.210 e. The van der Waals surface area contributed by atoms with Gasteiger partial charge in [-0.15, -0.1) is 21.5 Å². The molecule has 2 heterocycles. The van der Waals surface area contributed by atoms with Crippen LogP contribution in [0.3, 0.4) is 0 Å². The fourth-order valence-corrected chi connectivity index (χ4v) is 4.95. The molecular formula is C17H14N4OS3. The zero-order valence-electron chi connectivity index (χ0n) is 13.3. The van der Waals surface area contributed by atoms with E-state index in [1.807, 2.05) is 42.5 Å². The van der Waals surface area contributed by atoms with Crippen LogP contribution in [0.1, 0.15) is 5.01 Å². The molecule has 0 radical (unpaired) electrons. The first-order valence-corrected chi connectivity index (χ1v) is 10.1.